The summed E-state index contributed by atoms with van der Waals surface area (Å²) in [4.78, 5) is 0. The van der Waals surface area contributed by atoms with Crippen LogP contribution in [0.15, 0.2) is 0 Å². The number of hydrogen-bond donors (Lipinski definition) is 2. The van der Waals surface area contributed by atoms with Gasteiger partial charge in [0, 0.05) is 7.11 Å². The van der Waals surface area contributed by atoms with E-state index < -0.39 is 5.54 Å². The molecule has 0 rings (SSSR count). The highest BCUT2D eigenvalue weighted by Crippen LogP contribution is 1.95. The molecule has 0 heterocycles. The standard InChI is InChI=1S/C5H13NO2/c1-5(6,3-7)4-8-2/h7H,3-4,6H2,1-2H3/t5-/m0/s1. The molecule has 0 aromatic heterocycles. The van der Waals surface area contributed by atoms with Gasteiger partial charge in [0.25, 0.3) is 0 Å². The van der Waals surface area contributed by atoms with Crippen LogP contribution in [-0.2, 0) is 4.74 Å². The summed E-state index contributed by atoms with van der Waals surface area (Å²) >= 11 is 0. The molecule has 0 aromatic rings. The van der Waals surface area contributed by atoms with E-state index in [2.05, 4.69) is 0 Å². The predicted octanol–water partition coefficient (Wildman–Crippen LogP) is -0.657. The van der Waals surface area contributed by atoms with E-state index in [1.165, 1.54) is 0 Å². The number of methoxy groups -OCH3 is 1. The van der Waals surface area contributed by atoms with Gasteiger partial charge >= 0.3 is 0 Å². The Morgan fingerprint density at radius 3 is 2.38 bits per heavy atom. The Hall–Kier alpha value is -0.120. The second-order valence-electron chi connectivity index (χ2n) is 2.25. The second-order valence-corrected chi connectivity index (χ2v) is 2.25. The van der Waals surface area contributed by atoms with E-state index in [-0.39, 0.29) is 6.61 Å². The van der Waals surface area contributed by atoms with Gasteiger partial charge in [0.05, 0.1) is 18.8 Å². The summed E-state index contributed by atoms with van der Waals surface area (Å²) in [6.45, 7) is 2.08. The van der Waals surface area contributed by atoms with Crippen LogP contribution in [0.4, 0.5) is 0 Å². The van der Waals surface area contributed by atoms with Gasteiger partial charge in [-0.25, -0.2) is 0 Å². The van der Waals surface area contributed by atoms with Crippen molar-refractivity contribution in [1.29, 1.82) is 0 Å². The van der Waals surface area contributed by atoms with Crippen LogP contribution in [0.5, 0.6) is 0 Å². The highest BCUT2D eigenvalue weighted by atomic mass is 16.5. The molecule has 1 atom stereocenters. The zero-order valence-electron chi connectivity index (χ0n) is 5.35. The summed E-state index contributed by atoms with van der Waals surface area (Å²) in [6.07, 6.45) is 0. The summed E-state index contributed by atoms with van der Waals surface area (Å²) in [5.41, 5.74) is 4.88. The molecule has 8 heavy (non-hydrogen) atoms. The normalized spacial score (nSPS) is 18.0. The Morgan fingerprint density at radius 2 is 2.25 bits per heavy atom. The van der Waals surface area contributed by atoms with Crippen molar-refractivity contribution in [1.82, 2.24) is 0 Å². The molecule has 0 spiro atoms. The highest BCUT2D eigenvalue weighted by Gasteiger charge is 2.15. The molecule has 3 heteroatoms. The van der Waals surface area contributed by atoms with Gasteiger partial charge in [-0.1, -0.05) is 0 Å². The summed E-state index contributed by atoms with van der Waals surface area (Å²) in [6, 6.07) is 0. The maximum absolute atomic E-state index is 8.52. The third kappa shape index (κ3) is 2.96. The predicted molar refractivity (Wildman–Crippen MR) is 31.6 cm³/mol. The van der Waals surface area contributed by atoms with Crippen molar-refractivity contribution in [2.24, 2.45) is 5.73 Å². The second kappa shape index (κ2) is 3.02. The topological polar surface area (TPSA) is 55.5 Å². The summed E-state index contributed by atoms with van der Waals surface area (Å²) < 4.78 is 4.71. The van der Waals surface area contributed by atoms with E-state index in [1.807, 2.05) is 0 Å². The molecule has 0 aromatic carbocycles. The third-order valence-electron chi connectivity index (χ3n) is 0.835. The summed E-state index contributed by atoms with van der Waals surface area (Å²) in [5.74, 6) is 0. The minimum Gasteiger partial charge on any atom is -0.394 e. The first kappa shape index (κ1) is 7.88. The van der Waals surface area contributed by atoms with Gasteiger partial charge in [-0.15, -0.1) is 0 Å². The van der Waals surface area contributed by atoms with Crippen LogP contribution in [0.25, 0.3) is 0 Å². The van der Waals surface area contributed by atoms with Crippen LogP contribution < -0.4 is 5.73 Å². The maximum Gasteiger partial charge on any atom is 0.0662 e. The molecule has 0 bridgehead atoms. The molecule has 0 aliphatic heterocycles. The number of rotatable bonds is 3. The van der Waals surface area contributed by atoms with Crippen molar-refractivity contribution in [2.75, 3.05) is 20.3 Å². The molecule has 0 radical (unpaired) electrons. The van der Waals surface area contributed by atoms with Gasteiger partial charge in [-0.3, -0.25) is 0 Å². The molecule has 3 N–H and O–H groups in total. The van der Waals surface area contributed by atoms with E-state index in [1.54, 1.807) is 14.0 Å². The van der Waals surface area contributed by atoms with Gasteiger partial charge in [0.15, 0.2) is 0 Å². The lowest BCUT2D eigenvalue weighted by atomic mass is 10.1. The van der Waals surface area contributed by atoms with Gasteiger partial charge in [0.2, 0.25) is 0 Å². The maximum atomic E-state index is 8.52. The van der Waals surface area contributed by atoms with E-state index >= 15 is 0 Å². The monoisotopic (exact) mass is 119 g/mol. The van der Waals surface area contributed by atoms with Crippen LogP contribution >= 0.6 is 0 Å². The minimum absolute atomic E-state index is 0.0408. The van der Waals surface area contributed by atoms with Crippen LogP contribution in [-0.4, -0.2) is 31.0 Å². The average molecular weight is 119 g/mol. The minimum atomic E-state index is -0.575. The lowest BCUT2D eigenvalue weighted by Crippen LogP contribution is -2.44. The van der Waals surface area contributed by atoms with Gasteiger partial charge in [-0.2, -0.15) is 0 Å². The van der Waals surface area contributed by atoms with Crippen LogP contribution in [0, 0.1) is 0 Å². The molecule has 0 amide bonds. The van der Waals surface area contributed by atoms with Gasteiger partial charge in [-0.05, 0) is 6.92 Å². The van der Waals surface area contributed by atoms with Crippen molar-refractivity contribution in [3.63, 3.8) is 0 Å². The smallest absolute Gasteiger partial charge is 0.0662 e. The first-order chi connectivity index (χ1) is 3.62. The number of aliphatic hydroxyl groups is 1. The van der Waals surface area contributed by atoms with E-state index in [4.69, 9.17) is 15.6 Å². The van der Waals surface area contributed by atoms with E-state index in [0.29, 0.717) is 6.61 Å². The largest absolute Gasteiger partial charge is 0.394 e. The van der Waals surface area contributed by atoms with Crippen LogP contribution in [0.3, 0.4) is 0 Å². The molecular weight excluding hydrogens is 106 g/mol. The third-order valence-corrected chi connectivity index (χ3v) is 0.835. The Bertz CT molecular complexity index is 63.4. The average Bonchev–Trinajstić information content (AvgIpc) is 1.67. The lowest BCUT2D eigenvalue weighted by Gasteiger charge is -2.19. The highest BCUT2D eigenvalue weighted by molar-refractivity contribution is 4.75. The Kier molecular flexibility index (Phi) is 2.97. The molecule has 0 saturated heterocycles. The molecule has 3 nitrogen and oxygen atoms in total. The van der Waals surface area contributed by atoms with Crippen molar-refractivity contribution < 1.29 is 9.84 Å². The Labute approximate surface area is 49.4 Å². The van der Waals surface area contributed by atoms with Crippen LogP contribution in [0.1, 0.15) is 6.92 Å². The summed E-state index contributed by atoms with van der Waals surface area (Å²) in [5, 5.41) is 8.52. The van der Waals surface area contributed by atoms with Crippen molar-refractivity contribution in [3.05, 3.63) is 0 Å². The van der Waals surface area contributed by atoms with E-state index in [9.17, 15) is 0 Å². The first-order valence-corrected chi connectivity index (χ1v) is 2.51. The Balaban J connectivity index is 3.37. The Morgan fingerprint density at radius 1 is 1.75 bits per heavy atom. The fraction of sp³-hybridized carbons (Fsp3) is 1.00. The fourth-order valence-electron chi connectivity index (χ4n) is 0.375. The SMILES string of the molecule is COC[C@@](C)(N)CO. The molecule has 0 aliphatic rings. The molecule has 0 aliphatic carbocycles. The summed E-state index contributed by atoms with van der Waals surface area (Å²) in [7, 11) is 1.56. The number of aliphatic hydroxyl groups excluding tert-OH is 1. The molecule has 0 saturated carbocycles. The van der Waals surface area contributed by atoms with Crippen molar-refractivity contribution in [2.45, 2.75) is 12.5 Å². The van der Waals surface area contributed by atoms with Crippen molar-refractivity contribution >= 4 is 0 Å². The molecule has 0 fully saturated rings. The number of ether oxygens (including phenoxy) is 1. The van der Waals surface area contributed by atoms with E-state index in [0.717, 1.165) is 0 Å². The zero-order chi connectivity index (χ0) is 6.62. The fourth-order valence-corrected chi connectivity index (χ4v) is 0.375. The lowest BCUT2D eigenvalue weighted by molar-refractivity contribution is 0.0971. The van der Waals surface area contributed by atoms with Crippen molar-refractivity contribution in [3.8, 4) is 0 Å². The quantitative estimate of drug-likeness (QED) is 0.518. The molecule has 50 valence electrons. The first-order valence-electron chi connectivity index (χ1n) is 2.51. The molecular formula is C5H13NO2. The number of hydrogen-bond acceptors (Lipinski definition) is 3. The van der Waals surface area contributed by atoms with Gasteiger partial charge < -0.3 is 15.6 Å². The van der Waals surface area contributed by atoms with Crippen LogP contribution in [0.2, 0.25) is 0 Å². The number of nitrogens with two attached hydrogens (primary N) is 1. The molecule has 0 unspecified atom stereocenters. The van der Waals surface area contributed by atoms with Gasteiger partial charge in [0.1, 0.15) is 0 Å². The zero-order valence-corrected chi connectivity index (χ0v) is 5.35.